The fraction of sp³-hybridized carbons (Fsp3) is 0.158. The Hall–Kier alpha value is -2.59. The van der Waals surface area contributed by atoms with E-state index in [1.165, 1.54) is 0 Å². The molecule has 1 aromatic heterocycles. The summed E-state index contributed by atoms with van der Waals surface area (Å²) in [5.41, 5.74) is 3.38. The maximum Gasteiger partial charge on any atom is 0.340 e. The number of rotatable bonds is 3. The molecule has 0 aliphatic heterocycles. The highest BCUT2D eigenvalue weighted by atomic mass is 35.5. The molecule has 122 valence electrons. The van der Waals surface area contributed by atoms with Crippen LogP contribution in [0, 0.1) is 6.92 Å². The van der Waals surface area contributed by atoms with E-state index in [0.29, 0.717) is 16.4 Å². The van der Waals surface area contributed by atoms with Crippen LogP contribution in [-0.2, 0) is 0 Å². The molecule has 4 nitrogen and oxygen atoms in total. The van der Waals surface area contributed by atoms with Crippen LogP contribution in [0.2, 0.25) is 5.02 Å². The molecule has 0 unspecified atom stereocenters. The Morgan fingerprint density at radius 3 is 2.54 bits per heavy atom. The summed E-state index contributed by atoms with van der Waals surface area (Å²) in [5.74, 6) is -0.585. The van der Waals surface area contributed by atoms with Crippen molar-refractivity contribution in [2.75, 3.05) is 19.0 Å². The van der Waals surface area contributed by atoms with Gasteiger partial charge in [-0.3, -0.25) is 0 Å². The SMILES string of the molecule is Cc1ccc2nc(N(C)C)c(C(=O)O)c(-c3cccc(Cl)c3)c2c1. The molecule has 5 heteroatoms. The van der Waals surface area contributed by atoms with Gasteiger partial charge in [-0.05, 0) is 36.8 Å². The van der Waals surface area contributed by atoms with Gasteiger partial charge in [0.2, 0.25) is 0 Å². The number of anilines is 1. The minimum atomic E-state index is -1.01. The second-order valence-electron chi connectivity index (χ2n) is 5.92. The molecule has 3 aromatic rings. The lowest BCUT2D eigenvalue weighted by atomic mass is 9.94. The van der Waals surface area contributed by atoms with Crippen molar-refractivity contribution >= 4 is 34.3 Å². The van der Waals surface area contributed by atoms with Crippen molar-refractivity contribution in [2.24, 2.45) is 0 Å². The van der Waals surface area contributed by atoms with Gasteiger partial charge in [0.15, 0.2) is 0 Å². The Morgan fingerprint density at radius 2 is 1.92 bits per heavy atom. The summed E-state index contributed by atoms with van der Waals surface area (Å²) in [6.07, 6.45) is 0. The second-order valence-corrected chi connectivity index (χ2v) is 6.35. The lowest BCUT2D eigenvalue weighted by molar-refractivity contribution is 0.0698. The zero-order valence-corrected chi connectivity index (χ0v) is 14.4. The van der Waals surface area contributed by atoms with Gasteiger partial charge in [-0.15, -0.1) is 0 Å². The number of aromatic carboxylic acids is 1. The zero-order valence-electron chi connectivity index (χ0n) is 13.7. The van der Waals surface area contributed by atoms with Crippen LogP contribution >= 0.6 is 11.6 Å². The molecule has 0 spiro atoms. The van der Waals surface area contributed by atoms with Gasteiger partial charge >= 0.3 is 5.97 Å². The van der Waals surface area contributed by atoms with E-state index in [-0.39, 0.29) is 5.56 Å². The fourth-order valence-electron chi connectivity index (χ4n) is 2.83. The summed E-state index contributed by atoms with van der Waals surface area (Å²) in [6.45, 7) is 1.97. The monoisotopic (exact) mass is 340 g/mol. The second kappa shape index (κ2) is 6.13. The number of nitrogens with zero attached hydrogens (tertiary/aromatic N) is 2. The Kier molecular flexibility index (Phi) is 4.16. The molecule has 0 amide bonds. The van der Waals surface area contributed by atoms with Crippen LogP contribution in [0.4, 0.5) is 5.82 Å². The van der Waals surface area contributed by atoms with Crippen LogP contribution in [0.1, 0.15) is 15.9 Å². The molecular formula is C19H17ClN2O2. The molecule has 0 aliphatic carbocycles. The van der Waals surface area contributed by atoms with Crippen molar-refractivity contribution in [3.8, 4) is 11.1 Å². The molecule has 24 heavy (non-hydrogen) atoms. The number of benzene rings is 2. The summed E-state index contributed by atoms with van der Waals surface area (Å²) >= 11 is 6.14. The topological polar surface area (TPSA) is 53.4 Å². The summed E-state index contributed by atoms with van der Waals surface area (Å²) in [7, 11) is 3.58. The van der Waals surface area contributed by atoms with Gasteiger partial charge in [-0.2, -0.15) is 0 Å². The quantitative estimate of drug-likeness (QED) is 0.755. The van der Waals surface area contributed by atoms with Crippen LogP contribution in [0.15, 0.2) is 42.5 Å². The third kappa shape index (κ3) is 2.81. The van der Waals surface area contributed by atoms with Crippen LogP contribution in [-0.4, -0.2) is 30.2 Å². The van der Waals surface area contributed by atoms with Crippen LogP contribution < -0.4 is 4.90 Å². The number of halogens is 1. The van der Waals surface area contributed by atoms with E-state index >= 15 is 0 Å². The number of pyridine rings is 1. The smallest absolute Gasteiger partial charge is 0.340 e. The lowest BCUT2D eigenvalue weighted by Gasteiger charge is -2.20. The Balaban J connectivity index is 2.52. The number of aryl methyl sites for hydroxylation is 1. The number of carboxylic acids is 1. The molecule has 0 atom stereocenters. The largest absolute Gasteiger partial charge is 0.478 e. The summed E-state index contributed by atoms with van der Waals surface area (Å²) in [5, 5.41) is 11.2. The number of hydrogen-bond acceptors (Lipinski definition) is 3. The number of hydrogen-bond donors (Lipinski definition) is 1. The Bertz CT molecular complexity index is 951. The zero-order chi connectivity index (χ0) is 17.4. The van der Waals surface area contributed by atoms with Crippen molar-refractivity contribution < 1.29 is 9.90 Å². The number of carboxylic acid groups (broad SMARTS) is 1. The lowest BCUT2D eigenvalue weighted by Crippen LogP contribution is -2.17. The van der Waals surface area contributed by atoms with Crippen molar-refractivity contribution in [1.29, 1.82) is 0 Å². The van der Waals surface area contributed by atoms with E-state index in [4.69, 9.17) is 11.6 Å². The number of fused-ring (bicyclic) bond motifs is 1. The van der Waals surface area contributed by atoms with E-state index in [1.54, 1.807) is 31.1 Å². The maximum atomic E-state index is 12.0. The van der Waals surface area contributed by atoms with Crippen molar-refractivity contribution in [3.63, 3.8) is 0 Å². The van der Waals surface area contributed by atoms with E-state index < -0.39 is 5.97 Å². The molecule has 1 heterocycles. The van der Waals surface area contributed by atoms with Crippen LogP contribution in [0.5, 0.6) is 0 Å². The number of carbonyl (C=O) groups is 1. The third-order valence-corrected chi connectivity index (χ3v) is 4.11. The van der Waals surface area contributed by atoms with Gasteiger partial charge in [0.1, 0.15) is 11.4 Å². The molecule has 3 rings (SSSR count). The summed E-state index contributed by atoms with van der Waals surface area (Å²) in [4.78, 5) is 18.3. The summed E-state index contributed by atoms with van der Waals surface area (Å²) in [6, 6.07) is 13.1. The van der Waals surface area contributed by atoms with E-state index in [1.807, 2.05) is 37.3 Å². The highest BCUT2D eigenvalue weighted by Crippen LogP contribution is 2.37. The van der Waals surface area contributed by atoms with Crippen molar-refractivity contribution in [1.82, 2.24) is 4.98 Å². The highest BCUT2D eigenvalue weighted by molar-refractivity contribution is 6.31. The Morgan fingerprint density at radius 1 is 1.17 bits per heavy atom. The molecule has 2 aromatic carbocycles. The molecule has 0 saturated carbocycles. The average Bonchev–Trinajstić information content (AvgIpc) is 2.52. The van der Waals surface area contributed by atoms with E-state index in [9.17, 15) is 9.90 Å². The molecule has 0 fully saturated rings. The molecule has 1 N–H and O–H groups in total. The first-order valence-corrected chi connectivity index (χ1v) is 7.87. The Labute approximate surface area is 145 Å². The first-order chi connectivity index (χ1) is 11.4. The van der Waals surface area contributed by atoms with Gasteiger partial charge in [0.05, 0.1) is 5.52 Å². The first-order valence-electron chi connectivity index (χ1n) is 7.49. The number of aromatic nitrogens is 1. The van der Waals surface area contributed by atoms with Crippen LogP contribution in [0.25, 0.3) is 22.0 Å². The molecule has 0 saturated heterocycles. The van der Waals surface area contributed by atoms with Crippen molar-refractivity contribution in [3.05, 3.63) is 58.6 Å². The van der Waals surface area contributed by atoms with Crippen LogP contribution in [0.3, 0.4) is 0 Å². The van der Waals surface area contributed by atoms with Gasteiger partial charge in [0, 0.05) is 30.1 Å². The van der Waals surface area contributed by atoms with Crippen molar-refractivity contribution in [2.45, 2.75) is 6.92 Å². The summed E-state index contributed by atoms with van der Waals surface area (Å²) < 4.78 is 0. The predicted octanol–water partition coefficient (Wildman–Crippen LogP) is 4.63. The molecule has 0 bridgehead atoms. The first kappa shape index (κ1) is 16.3. The normalized spacial score (nSPS) is 10.8. The van der Waals surface area contributed by atoms with Gasteiger partial charge < -0.3 is 10.0 Å². The van der Waals surface area contributed by atoms with E-state index in [0.717, 1.165) is 22.0 Å². The fourth-order valence-corrected chi connectivity index (χ4v) is 3.02. The third-order valence-electron chi connectivity index (χ3n) is 3.87. The highest BCUT2D eigenvalue weighted by Gasteiger charge is 2.23. The standard InChI is InChI=1S/C19H17ClN2O2/c1-11-7-8-15-14(9-11)16(12-5-4-6-13(20)10-12)17(19(23)24)18(21-15)22(2)3/h4-10H,1-3H3,(H,23,24). The van der Waals surface area contributed by atoms with E-state index in [2.05, 4.69) is 4.98 Å². The maximum absolute atomic E-state index is 12.0. The van der Waals surface area contributed by atoms with Gasteiger partial charge in [-0.25, -0.2) is 9.78 Å². The minimum absolute atomic E-state index is 0.181. The van der Waals surface area contributed by atoms with Gasteiger partial charge in [-0.1, -0.05) is 35.4 Å². The molecular weight excluding hydrogens is 324 g/mol. The van der Waals surface area contributed by atoms with Gasteiger partial charge in [0.25, 0.3) is 0 Å². The molecule has 0 aliphatic rings. The predicted molar refractivity (Wildman–Crippen MR) is 98.2 cm³/mol. The minimum Gasteiger partial charge on any atom is -0.478 e. The average molecular weight is 341 g/mol. The molecule has 0 radical (unpaired) electrons.